The summed E-state index contributed by atoms with van der Waals surface area (Å²) in [4.78, 5) is 10.6. The van der Waals surface area contributed by atoms with Crippen LogP contribution in [0.2, 0.25) is 0 Å². The minimum atomic E-state index is -3.44. The topological polar surface area (TPSA) is 74.7 Å². The van der Waals surface area contributed by atoms with Crippen LogP contribution in [-0.4, -0.2) is 47.5 Å². The quantitative estimate of drug-likeness (QED) is 0.726. The average Bonchev–Trinajstić information content (AvgIpc) is 1.96. The molecule has 0 aliphatic carbocycles. The van der Waals surface area contributed by atoms with E-state index in [9.17, 15) is 13.2 Å². The number of carboxylic acid groups (broad SMARTS) is 1. The second-order valence-corrected chi connectivity index (χ2v) is 6.43. The molecule has 1 fully saturated rings. The van der Waals surface area contributed by atoms with Gasteiger partial charge in [0.1, 0.15) is 6.04 Å². The van der Waals surface area contributed by atoms with Crippen molar-refractivity contribution in [3.8, 4) is 0 Å². The first-order valence-corrected chi connectivity index (χ1v) is 6.75. The summed E-state index contributed by atoms with van der Waals surface area (Å²) in [6, 6.07) is -0.874. The van der Waals surface area contributed by atoms with E-state index < -0.39 is 22.0 Å². The van der Waals surface area contributed by atoms with E-state index >= 15 is 0 Å². The Balaban J connectivity index is 2.59. The fraction of sp³-hybridized carbons (Fsp3) is 0.875. The van der Waals surface area contributed by atoms with Crippen LogP contribution in [0.3, 0.4) is 0 Å². The summed E-state index contributed by atoms with van der Waals surface area (Å²) < 4.78 is 24.3. The fourth-order valence-electron chi connectivity index (χ4n) is 1.37. The van der Waals surface area contributed by atoms with Crippen LogP contribution in [0.1, 0.15) is 19.8 Å². The van der Waals surface area contributed by atoms with Crippen LogP contribution >= 0.6 is 11.6 Å². The third-order valence-corrected chi connectivity index (χ3v) is 4.51. The molecule has 0 spiro atoms. The molecule has 0 aromatic carbocycles. The van der Waals surface area contributed by atoms with Gasteiger partial charge >= 0.3 is 5.97 Å². The third-order valence-electron chi connectivity index (χ3n) is 2.39. The molecule has 1 aliphatic rings. The van der Waals surface area contributed by atoms with Crippen molar-refractivity contribution >= 4 is 27.6 Å². The van der Waals surface area contributed by atoms with Crippen LogP contribution in [-0.2, 0) is 14.8 Å². The zero-order valence-corrected chi connectivity index (χ0v) is 9.96. The number of hydrogen-bond acceptors (Lipinski definition) is 3. The van der Waals surface area contributed by atoms with Gasteiger partial charge in [-0.15, -0.1) is 11.6 Å². The van der Waals surface area contributed by atoms with E-state index in [1.165, 1.54) is 0 Å². The Morgan fingerprint density at radius 2 is 2.27 bits per heavy atom. The molecular weight excluding hydrogens is 242 g/mol. The lowest BCUT2D eigenvalue weighted by molar-refractivity contribution is -0.144. The second kappa shape index (κ2) is 4.67. The van der Waals surface area contributed by atoms with Crippen LogP contribution in [0.4, 0.5) is 0 Å². The average molecular weight is 256 g/mol. The molecule has 2 unspecified atom stereocenters. The van der Waals surface area contributed by atoms with E-state index in [4.69, 9.17) is 16.7 Å². The predicted octanol–water partition coefficient (Wildman–Crippen LogP) is 0.492. The van der Waals surface area contributed by atoms with Gasteiger partial charge in [0.15, 0.2) is 0 Å². The number of carbonyl (C=O) groups is 1. The van der Waals surface area contributed by atoms with Crippen molar-refractivity contribution in [2.24, 2.45) is 0 Å². The molecule has 15 heavy (non-hydrogen) atoms. The third kappa shape index (κ3) is 3.06. The number of hydrogen-bond donors (Lipinski definition) is 1. The van der Waals surface area contributed by atoms with Crippen LogP contribution in [0.5, 0.6) is 0 Å². The standard InChI is InChI=1S/C8H14ClNO4S/c1-6(9)3-5-15(13,14)10-4-2-7(10)8(11)12/h6-7H,2-5H2,1H3,(H,11,12). The number of rotatable bonds is 5. The van der Waals surface area contributed by atoms with Crippen molar-refractivity contribution in [3.05, 3.63) is 0 Å². The minimum absolute atomic E-state index is 0.0819. The van der Waals surface area contributed by atoms with Crippen molar-refractivity contribution in [2.75, 3.05) is 12.3 Å². The highest BCUT2D eigenvalue weighted by Crippen LogP contribution is 2.23. The summed E-state index contributed by atoms with van der Waals surface area (Å²) in [5.41, 5.74) is 0. The van der Waals surface area contributed by atoms with E-state index in [-0.39, 0.29) is 11.1 Å². The molecule has 0 aromatic rings. The maximum atomic E-state index is 11.6. The van der Waals surface area contributed by atoms with Crippen LogP contribution < -0.4 is 0 Å². The van der Waals surface area contributed by atoms with E-state index in [1.807, 2.05) is 0 Å². The summed E-state index contributed by atoms with van der Waals surface area (Å²) in [6.07, 6.45) is 0.734. The van der Waals surface area contributed by atoms with Crippen molar-refractivity contribution in [1.82, 2.24) is 4.31 Å². The van der Waals surface area contributed by atoms with Gasteiger partial charge in [0.05, 0.1) is 5.75 Å². The van der Waals surface area contributed by atoms with Gasteiger partial charge in [0.25, 0.3) is 0 Å². The molecule has 0 radical (unpaired) electrons. The number of nitrogens with zero attached hydrogens (tertiary/aromatic N) is 1. The zero-order chi connectivity index (χ0) is 11.6. The molecule has 1 saturated heterocycles. The Morgan fingerprint density at radius 1 is 1.67 bits per heavy atom. The van der Waals surface area contributed by atoms with Gasteiger partial charge in [-0.3, -0.25) is 4.79 Å². The summed E-state index contributed by atoms with van der Waals surface area (Å²) in [5, 5.41) is 8.49. The van der Waals surface area contributed by atoms with Gasteiger partial charge in [-0.05, 0) is 19.8 Å². The van der Waals surface area contributed by atoms with Crippen molar-refractivity contribution in [2.45, 2.75) is 31.2 Å². The van der Waals surface area contributed by atoms with E-state index in [2.05, 4.69) is 0 Å². The molecular formula is C8H14ClNO4S. The smallest absolute Gasteiger partial charge is 0.322 e. The second-order valence-electron chi connectivity index (χ2n) is 3.64. The zero-order valence-electron chi connectivity index (χ0n) is 8.39. The monoisotopic (exact) mass is 255 g/mol. The predicted molar refractivity (Wildman–Crippen MR) is 56.5 cm³/mol. The van der Waals surface area contributed by atoms with E-state index in [1.54, 1.807) is 6.92 Å². The van der Waals surface area contributed by atoms with Crippen LogP contribution in [0.25, 0.3) is 0 Å². The highest BCUT2D eigenvalue weighted by molar-refractivity contribution is 7.89. The molecule has 0 amide bonds. The van der Waals surface area contributed by atoms with Crippen molar-refractivity contribution < 1.29 is 18.3 Å². The number of sulfonamides is 1. The lowest BCUT2D eigenvalue weighted by Crippen LogP contribution is -2.55. The molecule has 1 rings (SSSR count). The number of carboxylic acids is 1. The summed E-state index contributed by atoms with van der Waals surface area (Å²) in [6.45, 7) is 2.01. The summed E-state index contributed by atoms with van der Waals surface area (Å²) >= 11 is 5.65. The van der Waals surface area contributed by atoms with Gasteiger partial charge in [-0.25, -0.2) is 8.42 Å². The van der Waals surface area contributed by atoms with Gasteiger partial charge in [-0.1, -0.05) is 0 Å². The Hall–Kier alpha value is -0.330. The Kier molecular flexibility index (Phi) is 3.97. The fourth-order valence-corrected chi connectivity index (χ4v) is 3.46. The van der Waals surface area contributed by atoms with Gasteiger partial charge < -0.3 is 5.11 Å². The molecule has 7 heteroatoms. The normalized spacial score (nSPS) is 24.5. The Morgan fingerprint density at radius 3 is 2.60 bits per heavy atom. The summed E-state index contributed by atoms with van der Waals surface area (Å²) in [5.74, 6) is -1.16. The molecule has 0 saturated carbocycles. The van der Waals surface area contributed by atoms with Gasteiger partial charge in [0, 0.05) is 11.9 Å². The van der Waals surface area contributed by atoms with Crippen molar-refractivity contribution in [1.29, 1.82) is 0 Å². The Bertz CT molecular complexity index is 341. The van der Waals surface area contributed by atoms with E-state index in [0.29, 0.717) is 19.4 Å². The first kappa shape index (κ1) is 12.7. The maximum absolute atomic E-state index is 11.6. The number of halogens is 1. The molecule has 1 N–H and O–H groups in total. The first-order chi connectivity index (χ1) is 6.84. The largest absolute Gasteiger partial charge is 0.480 e. The Labute approximate surface area is 94.1 Å². The molecule has 0 bridgehead atoms. The van der Waals surface area contributed by atoms with Crippen molar-refractivity contribution in [3.63, 3.8) is 0 Å². The SMILES string of the molecule is CC(Cl)CCS(=O)(=O)N1CCC1C(=O)O. The molecule has 5 nitrogen and oxygen atoms in total. The highest BCUT2D eigenvalue weighted by atomic mass is 35.5. The van der Waals surface area contributed by atoms with Gasteiger partial charge in [0.2, 0.25) is 10.0 Å². The van der Waals surface area contributed by atoms with E-state index in [0.717, 1.165) is 4.31 Å². The highest BCUT2D eigenvalue weighted by Gasteiger charge is 2.41. The van der Waals surface area contributed by atoms with Gasteiger partial charge in [-0.2, -0.15) is 4.31 Å². The first-order valence-electron chi connectivity index (χ1n) is 4.71. The molecule has 2 atom stereocenters. The molecule has 88 valence electrons. The molecule has 0 aromatic heterocycles. The van der Waals surface area contributed by atoms with Crippen LogP contribution in [0.15, 0.2) is 0 Å². The van der Waals surface area contributed by atoms with Crippen LogP contribution in [0, 0.1) is 0 Å². The lowest BCUT2D eigenvalue weighted by atomic mass is 10.1. The lowest BCUT2D eigenvalue weighted by Gasteiger charge is -2.36. The number of alkyl halides is 1. The molecule has 1 aliphatic heterocycles. The minimum Gasteiger partial charge on any atom is -0.480 e. The number of aliphatic carboxylic acids is 1. The summed E-state index contributed by atoms with van der Waals surface area (Å²) in [7, 11) is -3.44. The maximum Gasteiger partial charge on any atom is 0.322 e. The molecule has 1 heterocycles.